The second kappa shape index (κ2) is 9.52. The molecule has 0 spiro atoms. The zero-order valence-electron chi connectivity index (χ0n) is 13.4. The van der Waals surface area contributed by atoms with Gasteiger partial charge >= 0.3 is 0 Å². The normalized spacial score (nSPS) is 11.2. The summed E-state index contributed by atoms with van der Waals surface area (Å²) in [6.45, 7) is 3.79. The van der Waals surface area contributed by atoms with E-state index in [1.54, 1.807) is 13.0 Å². The number of carbonyl (C=O) groups is 1. The van der Waals surface area contributed by atoms with E-state index < -0.39 is 0 Å². The van der Waals surface area contributed by atoms with Crippen LogP contribution in [0, 0.1) is 6.92 Å². The molecule has 122 valence electrons. The van der Waals surface area contributed by atoms with Crippen molar-refractivity contribution in [1.29, 1.82) is 0 Å². The van der Waals surface area contributed by atoms with E-state index in [4.69, 9.17) is 11.6 Å². The lowest BCUT2D eigenvalue weighted by Gasteiger charge is -2.11. The Labute approximate surface area is 137 Å². The van der Waals surface area contributed by atoms with Gasteiger partial charge in [-0.1, -0.05) is 62.8 Å². The molecule has 1 aromatic carbocycles. The SMILES string of the molecule is CCCCCCCCC=Cc1c(O)c(Cl)c(C)c(C=O)c1O. The number of allylic oxidation sites excluding steroid dienone is 1. The summed E-state index contributed by atoms with van der Waals surface area (Å²) in [7, 11) is 0. The minimum atomic E-state index is -0.214. The van der Waals surface area contributed by atoms with Crippen LogP contribution in [0.5, 0.6) is 11.5 Å². The molecule has 0 amide bonds. The Morgan fingerprint density at radius 1 is 1.00 bits per heavy atom. The van der Waals surface area contributed by atoms with Gasteiger partial charge in [-0.05, 0) is 25.3 Å². The Hall–Kier alpha value is -1.48. The molecule has 0 aliphatic carbocycles. The minimum Gasteiger partial charge on any atom is -0.506 e. The van der Waals surface area contributed by atoms with Crippen LogP contribution in [0.3, 0.4) is 0 Å². The third-order valence-electron chi connectivity index (χ3n) is 3.83. The fourth-order valence-corrected chi connectivity index (χ4v) is 2.60. The van der Waals surface area contributed by atoms with Crippen LogP contribution >= 0.6 is 11.6 Å². The topological polar surface area (TPSA) is 57.5 Å². The van der Waals surface area contributed by atoms with Crippen LogP contribution in [0.2, 0.25) is 5.02 Å². The van der Waals surface area contributed by atoms with Crippen LogP contribution in [0.4, 0.5) is 0 Å². The minimum absolute atomic E-state index is 0.110. The highest BCUT2D eigenvalue weighted by Crippen LogP contribution is 2.40. The molecule has 22 heavy (non-hydrogen) atoms. The molecule has 0 aliphatic rings. The highest BCUT2D eigenvalue weighted by molar-refractivity contribution is 6.33. The van der Waals surface area contributed by atoms with Crippen LogP contribution in [-0.4, -0.2) is 16.5 Å². The first kappa shape index (κ1) is 18.6. The maximum absolute atomic E-state index is 11.0. The predicted molar refractivity (Wildman–Crippen MR) is 91.9 cm³/mol. The van der Waals surface area contributed by atoms with Crippen molar-refractivity contribution in [3.63, 3.8) is 0 Å². The van der Waals surface area contributed by atoms with Gasteiger partial charge in [0, 0.05) is 0 Å². The smallest absolute Gasteiger partial charge is 0.154 e. The summed E-state index contributed by atoms with van der Waals surface area (Å²) >= 11 is 6.00. The van der Waals surface area contributed by atoms with Gasteiger partial charge in [-0.3, -0.25) is 4.79 Å². The summed E-state index contributed by atoms with van der Waals surface area (Å²) in [5.74, 6) is -0.393. The molecule has 0 radical (unpaired) electrons. The standard InChI is InChI=1S/C18H25ClO3/c1-3-4-5-6-7-8-9-10-11-14-17(21)15(12-20)13(2)16(19)18(14)22/h10-12,21-22H,3-9H2,1-2H3. The lowest BCUT2D eigenvalue weighted by Crippen LogP contribution is -1.93. The Kier molecular flexibility index (Phi) is 8.03. The van der Waals surface area contributed by atoms with E-state index in [1.165, 1.54) is 32.1 Å². The van der Waals surface area contributed by atoms with Gasteiger partial charge in [-0.15, -0.1) is 0 Å². The Balaban J connectivity index is 2.67. The van der Waals surface area contributed by atoms with Crippen molar-refractivity contribution in [2.75, 3.05) is 0 Å². The van der Waals surface area contributed by atoms with Crippen molar-refractivity contribution >= 4 is 24.0 Å². The van der Waals surface area contributed by atoms with E-state index in [0.717, 1.165) is 12.8 Å². The number of benzene rings is 1. The molecule has 0 heterocycles. The number of rotatable bonds is 9. The predicted octanol–water partition coefficient (Wildman–Crippen LogP) is 5.64. The first-order valence-corrected chi connectivity index (χ1v) is 8.28. The lowest BCUT2D eigenvalue weighted by molar-refractivity contribution is 0.112. The second-order valence-corrected chi connectivity index (χ2v) is 5.92. The van der Waals surface area contributed by atoms with Gasteiger partial charge in [0.05, 0.1) is 16.1 Å². The molecule has 1 rings (SSSR count). The van der Waals surface area contributed by atoms with E-state index >= 15 is 0 Å². The van der Waals surface area contributed by atoms with E-state index in [-0.39, 0.29) is 27.6 Å². The quantitative estimate of drug-likeness (QED) is 0.456. The molecule has 0 unspecified atom stereocenters. The summed E-state index contributed by atoms with van der Waals surface area (Å²) < 4.78 is 0. The second-order valence-electron chi connectivity index (χ2n) is 5.54. The summed E-state index contributed by atoms with van der Waals surface area (Å²) in [6, 6.07) is 0. The number of phenols is 2. The van der Waals surface area contributed by atoms with Gasteiger partial charge in [-0.25, -0.2) is 0 Å². The fourth-order valence-electron chi connectivity index (χ4n) is 2.39. The Bertz CT molecular complexity index is 536. The van der Waals surface area contributed by atoms with Crippen molar-refractivity contribution in [2.45, 2.75) is 58.8 Å². The lowest BCUT2D eigenvalue weighted by atomic mass is 10.0. The van der Waals surface area contributed by atoms with Gasteiger partial charge in [-0.2, -0.15) is 0 Å². The number of hydrogen-bond donors (Lipinski definition) is 2. The number of halogens is 1. The molecule has 1 aromatic rings. The van der Waals surface area contributed by atoms with Gasteiger partial charge in [0.25, 0.3) is 0 Å². The van der Waals surface area contributed by atoms with E-state index in [0.29, 0.717) is 11.8 Å². The number of carbonyl (C=O) groups excluding carboxylic acids is 1. The number of aromatic hydroxyl groups is 2. The van der Waals surface area contributed by atoms with Gasteiger partial charge in [0.1, 0.15) is 11.5 Å². The van der Waals surface area contributed by atoms with Crippen molar-refractivity contribution in [3.05, 3.63) is 27.8 Å². The molecule has 0 atom stereocenters. The van der Waals surface area contributed by atoms with Gasteiger partial charge in [0.15, 0.2) is 6.29 Å². The molecule has 4 heteroatoms. The number of phenolic OH excluding ortho intramolecular Hbond substituents is 2. The molecule has 3 nitrogen and oxygen atoms in total. The first-order chi connectivity index (χ1) is 10.5. The van der Waals surface area contributed by atoms with Crippen LogP contribution in [0.15, 0.2) is 6.08 Å². The largest absolute Gasteiger partial charge is 0.506 e. The monoisotopic (exact) mass is 324 g/mol. The molecule has 0 aromatic heterocycles. The van der Waals surface area contributed by atoms with Crippen LogP contribution < -0.4 is 0 Å². The van der Waals surface area contributed by atoms with Gasteiger partial charge in [0.2, 0.25) is 0 Å². The molecule has 0 bridgehead atoms. The Morgan fingerprint density at radius 3 is 2.27 bits per heavy atom. The van der Waals surface area contributed by atoms with Crippen molar-refractivity contribution in [2.24, 2.45) is 0 Å². The van der Waals surface area contributed by atoms with E-state index in [9.17, 15) is 15.0 Å². The van der Waals surface area contributed by atoms with Crippen molar-refractivity contribution in [3.8, 4) is 11.5 Å². The highest BCUT2D eigenvalue weighted by atomic mass is 35.5. The van der Waals surface area contributed by atoms with E-state index in [1.807, 2.05) is 6.08 Å². The first-order valence-electron chi connectivity index (χ1n) is 7.90. The molecular weight excluding hydrogens is 300 g/mol. The summed E-state index contributed by atoms with van der Waals surface area (Å²) in [4.78, 5) is 11.0. The van der Waals surface area contributed by atoms with E-state index in [2.05, 4.69) is 6.92 Å². The highest BCUT2D eigenvalue weighted by Gasteiger charge is 2.18. The molecule has 0 aliphatic heterocycles. The van der Waals surface area contributed by atoms with Crippen LogP contribution in [0.25, 0.3) is 6.08 Å². The van der Waals surface area contributed by atoms with Crippen LogP contribution in [-0.2, 0) is 0 Å². The van der Waals surface area contributed by atoms with Crippen LogP contribution in [0.1, 0.15) is 73.4 Å². The zero-order valence-corrected chi connectivity index (χ0v) is 14.1. The molecule has 0 fully saturated rings. The summed E-state index contributed by atoms with van der Waals surface area (Å²) in [5, 5.41) is 20.2. The third kappa shape index (κ3) is 4.77. The summed E-state index contributed by atoms with van der Waals surface area (Å²) in [5.41, 5.74) is 0.727. The molecule has 2 N–H and O–H groups in total. The maximum atomic E-state index is 11.0. The zero-order chi connectivity index (χ0) is 16.5. The number of hydrogen-bond acceptors (Lipinski definition) is 3. The average Bonchev–Trinajstić information content (AvgIpc) is 2.51. The Morgan fingerprint density at radius 2 is 1.64 bits per heavy atom. The molecule has 0 saturated carbocycles. The van der Waals surface area contributed by atoms with Crippen molar-refractivity contribution in [1.82, 2.24) is 0 Å². The maximum Gasteiger partial charge on any atom is 0.154 e. The number of unbranched alkanes of at least 4 members (excludes halogenated alkanes) is 6. The third-order valence-corrected chi connectivity index (χ3v) is 4.30. The number of aldehydes is 1. The average molecular weight is 325 g/mol. The molecule has 0 saturated heterocycles. The van der Waals surface area contributed by atoms with Crippen molar-refractivity contribution < 1.29 is 15.0 Å². The molecular formula is C18H25ClO3. The van der Waals surface area contributed by atoms with Gasteiger partial charge < -0.3 is 10.2 Å². The fraction of sp³-hybridized carbons (Fsp3) is 0.500. The summed E-state index contributed by atoms with van der Waals surface area (Å²) in [6.07, 6.45) is 12.2.